The number of benzene rings is 1. The molecule has 1 saturated heterocycles. The standard InChI is InChI=1S/C19H19N3OS/c1-12-13(2)21-16-11-14(7-8-15(16)20-12)19(23)22-9-3-5-17(22)18-6-4-10-24-18/h4,6-8,10-11,17H,3,5,9H2,1-2H3/t17-/m0/s1. The molecular formula is C19H19N3OS. The molecule has 0 spiro atoms. The molecule has 2 aromatic heterocycles. The first-order valence-electron chi connectivity index (χ1n) is 8.23. The van der Waals surface area contributed by atoms with Crippen LogP contribution in [0.15, 0.2) is 35.7 Å². The van der Waals surface area contributed by atoms with Crippen molar-refractivity contribution in [3.05, 3.63) is 57.5 Å². The molecule has 0 unspecified atom stereocenters. The Morgan fingerprint density at radius 1 is 1.17 bits per heavy atom. The predicted octanol–water partition coefficient (Wildman–Crippen LogP) is 4.29. The van der Waals surface area contributed by atoms with Gasteiger partial charge in [0.1, 0.15) is 0 Å². The van der Waals surface area contributed by atoms with Crippen LogP contribution in [0.1, 0.15) is 45.5 Å². The zero-order valence-electron chi connectivity index (χ0n) is 13.8. The smallest absolute Gasteiger partial charge is 0.254 e. The molecule has 0 aliphatic carbocycles. The van der Waals surface area contributed by atoms with Gasteiger partial charge in [-0.3, -0.25) is 4.79 Å². The number of hydrogen-bond acceptors (Lipinski definition) is 4. The van der Waals surface area contributed by atoms with Crippen molar-refractivity contribution < 1.29 is 4.79 Å². The fourth-order valence-electron chi connectivity index (χ4n) is 3.32. The van der Waals surface area contributed by atoms with Gasteiger partial charge in [0.15, 0.2) is 0 Å². The molecule has 3 aromatic rings. The molecule has 1 aliphatic rings. The largest absolute Gasteiger partial charge is 0.331 e. The van der Waals surface area contributed by atoms with Gasteiger partial charge >= 0.3 is 0 Å². The lowest BCUT2D eigenvalue weighted by Crippen LogP contribution is -2.30. The van der Waals surface area contributed by atoms with Crippen LogP contribution in [0.25, 0.3) is 11.0 Å². The van der Waals surface area contributed by atoms with Crippen molar-refractivity contribution in [2.75, 3.05) is 6.54 Å². The SMILES string of the molecule is Cc1nc2ccc(C(=O)N3CCC[C@H]3c3cccs3)cc2nc1C. The lowest BCUT2D eigenvalue weighted by molar-refractivity contribution is 0.0738. The van der Waals surface area contributed by atoms with E-state index in [0.717, 1.165) is 41.8 Å². The second kappa shape index (κ2) is 5.98. The highest BCUT2D eigenvalue weighted by atomic mass is 32.1. The Balaban J connectivity index is 1.69. The van der Waals surface area contributed by atoms with Gasteiger partial charge in [-0.05, 0) is 56.3 Å². The quantitative estimate of drug-likeness (QED) is 0.701. The van der Waals surface area contributed by atoms with E-state index in [1.807, 2.05) is 36.9 Å². The molecule has 0 radical (unpaired) electrons. The van der Waals surface area contributed by atoms with Gasteiger partial charge in [-0.2, -0.15) is 0 Å². The minimum atomic E-state index is 0.0906. The minimum Gasteiger partial charge on any atom is -0.331 e. The first-order valence-corrected chi connectivity index (χ1v) is 9.11. The van der Waals surface area contributed by atoms with Crippen molar-refractivity contribution in [3.63, 3.8) is 0 Å². The molecule has 1 atom stereocenters. The van der Waals surface area contributed by atoms with Gasteiger partial charge in [0.2, 0.25) is 0 Å². The normalized spacial score (nSPS) is 17.6. The Bertz CT molecular complexity index is 904. The summed E-state index contributed by atoms with van der Waals surface area (Å²) in [5, 5.41) is 2.08. The van der Waals surface area contributed by atoms with Crippen LogP contribution in [0.3, 0.4) is 0 Å². The average molecular weight is 337 g/mol. The number of nitrogens with zero attached hydrogens (tertiary/aromatic N) is 3. The van der Waals surface area contributed by atoms with Crippen molar-refractivity contribution >= 4 is 28.3 Å². The second-order valence-corrected chi connectivity index (χ2v) is 7.25. The van der Waals surface area contributed by atoms with Crippen LogP contribution < -0.4 is 0 Å². The fraction of sp³-hybridized carbons (Fsp3) is 0.316. The number of likely N-dealkylation sites (tertiary alicyclic amines) is 1. The van der Waals surface area contributed by atoms with Gasteiger partial charge in [0, 0.05) is 17.0 Å². The summed E-state index contributed by atoms with van der Waals surface area (Å²) in [6.07, 6.45) is 2.10. The number of aromatic nitrogens is 2. The molecule has 0 saturated carbocycles. The molecule has 1 aliphatic heterocycles. The van der Waals surface area contributed by atoms with Crippen LogP contribution >= 0.6 is 11.3 Å². The van der Waals surface area contributed by atoms with Gasteiger partial charge in [0.25, 0.3) is 5.91 Å². The van der Waals surface area contributed by atoms with E-state index in [1.165, 1.54) is 4.88 Å². The van der Waals surface area contributed by atoms with E-state index in [9.17, 15) is 4.79 Å². The Kier molecular flexibility index (Phi) is 3.81. The van der Waals surface area contributed by atoms with Crippen LogP contribution in [-0.4, -0.2) is 27.3 Å². The molecule has 4 nitrogen and oxygen atoms in total. The highest BCUT2D eigenvalue weighted by Gasteiger charge is 2.31. The molecule has 0 N–H and O–H groups in total. The van der Waals surface area contributed by atoms with Crippen molar-refractivity contribution in [1.29, 1.82) is 0 Å². The number of carbonyl (C=O) groups is 1. The van der Waals surface area contributed by atoms with Crippen LogP contribution in [0.2, 0.25) is 0 Å². The van der Waals surface area contributed by atoms with E-state index in [-0.39, 0.29) is 11.9 Å². The lowest BCUT2D eigenvalue weighted by atomic mass is 10.1. The lowest BCUT2D eigenvalue weighted by Gasteiger charge is -2.24. The predicted molar refractivity (Wildman–Crippen MR) is 96.3 cm³/mol. The van der Waals surface area contributed by atoms with Gasteiger partial charge in [-0.1, -0.05) is 6.07 Å². The third kappa shape index (κ3) is 2.59. The van der Waals surface area contributed by atoms with E-state index < -0.39 is 0 Å². The zero-order chi connectivity index (χ0) is 16.7. The summed E-state index contributed by atoms with van der Waals surface area (Å²) < 4.78 is 0. The fourth-order valence-corrected chi connectivity index (χ4v) is 4.19. The summed E-state index contributed by atoms with van der Waals surface area (Å²) in [5.41, 5.74) is 4.16. The highest BCUT2D eigenvalue weighted by Crippen LogP contribution is 2.35. The molecule has 1 aromatic carbocycles. The van der Waals surface area contributed by atoms with Crippen molar-refractivity contribution in [2.45, 2.75) is 32.7 Å². The van der Waals surface area contributed by atoms with Crippen molar-refractivity contribution in [1.82, 2.24) is 14.9 Å². The maximum absolute atomic E-state index is 13.0. The topological polar surface area (TPSA) is 46.1 Å². The molecule has 1 amide bonds. The molecule has 0 bridgehead atoms. The van der Waals surface area contributed by atoms with Crippen LogP contribution in [-0.2, 0) is 0 Å². The summed E-state index contributed by atoms with van der Waals surface area (Å²) >= 11 is 1.73. The van der Waals surface area contributed by atoms with E-state index in [0.29, 0.717) is 5.56 Å². The molecule has 122 valence electrons. The Labute approximate surface area is 145 Å². The van der Waals surface area contributed by atoms with Crippen LogP contribution in [0, 0.1) is 13.8 Å². The monoisotopic (exact) mass is 337 g/mol. The first kappa shape index (κ1) is 15.3. The summed E-state index contributed by atoms with van der Waals surface area (Å²) in [5.74, 6) is 0.0906. The first-order chi connectivity index (χ1) is 11.6. The Hall–Kier alpha value is -2.27. The summed E-state index contributed by atoms with van der Waals surface area (Å²) in [7, 11) is 0. The number of hydrogen-bond donors (Lipinski definition) is 0. The summed E-state index contributed by atoms with van der Waals surface area (Å²) in [4.78, 5) is 25.4. The number of amides is 1. The molecule has 24 heavy (non-hydrogen) atoms. The summed E-state index contributed by atoms with van der Waals surface area (Å²) in [6.45, 7) is 4.72. The number of thiophene rings is 1. The Morgan fingerprint density at radius 2 is 1.96 bits per heavy atom. The molecular weight excluding hydrogens is 318 g/mol. The van der Waals surface area contributed by atoms with E-state index in [2.05, 4.69) is 27.5 Å². The number of carbonyl (C=O) groups excluding carboxylic acids is 1. The molecule has 5 heteroatoms. The van der Waals surface area contributed by atoms with E-state index in [4.69, 9.17) is 0 Å². The maximum Gasteiger partial charge on any atom is 0.254 e. The molecule has 1 fully saturated rings. The van der Waals surface area contributed by atoms with E-state index >= 15 is 0 Å². The molecule has 3 heterocycles. The third-order valence-electron chi connectivity index (χ3n) is 4.71. The zero-order valence-corrected chi connectivity index (χ0v) is 14.6. The van der Waals surface area contributed by atoms with Gasteiger partial charge in [-0.15, -0.1) is 11.3 Å². The van der Waals surface area contributed by atoms with Crippen LogP contribution in [0.5, 0.6) is 0 Å². The third-order valence-corrected chi connectivity index (χ3v) is 5.68. The van der Waals surface area contributed by atoms with Gasteiger partial charge in [0.05, 0.1) is 28.5 Å². The van der Waals surface area contributed by atoms with E-state index in [1.54, 1.807) is 11.3 Å². The average Bonchev–Trinajstić information content (AvgIpc) is 3.25. The highest BCUT2D eigenvalue weighted by molar-refractivity contribution is 7.10. The molecule has 4 rings (SSSR count). The van der Waals surface area contributed by atoms with Crippen LogP contribution in [0.4, 0.5) is 0 Å². The summed E-state index contributed by atoms with van der Waals surface area (Å²) in [6, 6.07) is 10.0. The van der Waals surface area contributed by atoms with Gasteiger partial charge < -0.3 is 4.90 Å². The maximum atomic E-state index is 13.0. The minimum absolute atomic E-state index is 0.0906. The van der Waals surface area contributed by atoms with Crippen molar-refractivity contribution in [3.8, 4) is 0 Å². The Morgan fingerprint density at radius 3 is 2.71 bits per heavy atom. The number of fused-ring (bicyclic) bond motifs is 1. The van der Waals surface area contributed by atoms with Gasteiger partial charge in [-0.25, -0.2) is 9.97 Å². The van der Waals surface area contributed by atoms with Crippen molar-refractivity contribution in [2.24, 2.45) is 0 Å². The number of aryl methyl sites for hydroxylation is 2. The number of rotatable bonds is 2. The second-order valence-electron chi connectivity index (χ2n) is 6.27.